The standard InChI is InChI=1S/C16H23N3O3S/c20-16(10-14-2-1-9-17-14)19-13-5-7-15(8-6-13)23(21,22)18-11-12-3-4-12/h5-8,12,14,17-18H,1-4,9-11H2,(H,19,20). The molecule has 1 saturated heterocycles. The molecule has 3 N–H and O–H groups in total. The second-order valence-corrected chi connectivity index (χ2v) is 8.13. The van der Waals surface area contributed by atoms with E-state index in [0.29, 0.717) is 24.6 Å². The van der Waals surface area contributed by atoms with Crippen molar-refractivity contribution in [2.24, 2.45) is 5.92 Å². The first-order chi connectivity index (χ1) is 11.0. The first kappa shape index (κ1) is 16.4. The first-order valence-electron chi connectivity index (χ1n) is 8.16. The van der Waals surface area contributed by atoms with Crippen LogP contribution >= 0.6 is 0 Å². The maximum absolute atomic E-state index is 12.1. The van der Waals surface area contributed by atoms with Crippen molar-refractivity contribution in [3.63, 3.8) is 0 Å². The molecule has 23 heavy (non-hydrogen) atoms. The van der Waals surface area contributed by atoms with Crippen LogP contribution in [0.25, 0.3) is 0 Å². The van der Waals surface area contributed by atoms with E-state index in [1.165, 1.54) is 12.1 Å². The second kappa shape index (κ2) is 6.98. The van der Waals surface area contributed by atoms with Gasteiger partial charge in [-0.2, -0.15) is 0 Å². The van der Waals surface area contributed by atoms with E-state index in [4.69, 9.17) is 0 Å². The molecule has 6 nitrogen and oxygen atoms in total. The van der Waals surface area contributed by atoms with Gasteiger partial charge in [0.2, 0.25) is 15.9 Å². The molecule has 1 aromatic rings. The van der Waals surface area contributed by atoms with Crippen LogP contribution in [0.3, 0.4) is 0 Å². The Bertz CT molecular complexity index is 648. The Labute approximate surface area is 137 Å². The summed E-state index contributed by atoms with van der Waals surface area (Å²) in [7, 11) is -3.45. The third-order valence-electron chi connectivity index (χ3n) is 4.30. The number of benzene rings is 1. The van der Waals surface area contributed by atoms with Crippen LogP contribution < -0.4 is 15.4 Å². The van der Waals surface area contributed by atoms with Gasteiger partial charge in [0.15, 0.2) is 0 Å². The van der Waals surface area contributed by atoms with E-state index < -0.39 is 10.0 Å². The van der Waals surface area contributed by atoms with Gasteiger partial charge in [0.05, 0.1) is 4.90 Å². The fraction of sp³-hybridized carbons (Fsp3) is 0.562. The van der Waals surface area contributed by atoms with Crippen LogP contribution in [0.15, 0.2) is 29.2 Å². The quantitative estimate of drug-likeness (QED) is 0.703. The lowest BCUT2D eigenvalue weighted by Crippen LogP contribution is -2.27. The molecule has 1 unspecified atom stereocenters. The van der Waals surface area contributed by atoms with E-state index in [1.54, 1.807) is 12.1 Å². The van der Waals surface area contributed by atoms with E-state index in [1.807, 2.05) is 0 Å². The lowest BCUT2D eigenvalue weighted by molar-refractivity contribution is -0.116. The predicted octanol–water partition coefficient (Wildman–Crippen LogP) is 1.46. The number of carbonyl (C=O) groups is 1. The third kappa shape index (κ3) is 4.76. The summed E-state index contributed by atoms with van der Waals surface area (Å²) in [5.41, 5.74) is 0.620. The molecule has 126 valence electrons. The summed E-state index contributed by atoms with van der Waals surface area (Å²) >= 11 is 0. The Hall–Kier alpha value is -1.44. The van der Waals surface area contributed by atoms with Crippen molar-refractivity contribution < 1.29 is 13.2 Å². The van der Waals surface area contributed by atoms with Crippen LogP contribution in [0.4, 0.5) is 5.69 Å². The topological polar surface area (TPSA) is 87.3 Å². The molecule has 1 aliphatic heterocycles. The van der Waals surface area contributed by atoms with E-state index in [0.717, 1.165) is 32.2 Å². The lowest BCUT2D eigenvalue weighted by atomic mass is 10.1. The van der Waals surface area contributed by atoms with E-state index in [-0.39, 0.29) is 16.8 Å². The molecule has 1 heterocycles. The SMILES string of the molecule is O=C(CC1CCCN1)Nc1ccc(S(=O)(=O)NCC2CC2)cc1. The minimum Gasteiger partial charge on any atom is -0.326 e. The number of sulfonamides is 1. The maximum atomic E-state index is 12.1. The highest BCUT2D eigenvalue weighted by Crippen LogP contribution is 2.28. The number of rotatable bonds is 7. The Kier molecular flexibility index (Phi) is 4.99. The van der Waals surface area contributed by atoms with Gasteiger partial charge in [-0.25, -0.2) is 13.1 Å². The Balaban J connectivity index is 1.54. The van der Waals surface area contributed by atoms with Crippen LogP contribution in [0, 0.1) is 5.92 Å². The summed E-state index contributed by atoms with van der Waals surface area (Å²) in [6.45, 7) is 1.48. The van der Waals surface area contributed by atoms with Crippen molar-refractivity contribution in [3.8, 4) is 0 Å². The zero-order valence-electron chi connectivity index (χ0n) is 13.0. The lowest BCUT2D eigenvalue weighted by Gasteiger charge is -2.11. The van der Waals surface area contributed by atoms with Gasteiger partial charge in [-0.05, 0) is 62.4 Å². The van der Waals surface area contributed by atoms with Crippen molar-refractivity contribution in [2.45, 2.75) is 43.0 Å². The highest BCUT2D eigenvalue weighted by atomic mass is 32.2. The molecular weight excluding hydrogens is 314 g/mol. The molecule has 0 spiro atoms. The predicted molar refractivity (Wildman–Crippen MR) is 88.6 cm³/mol. The summed E-state index contributed by atoms with van der Waals surface area (Å²) in [6.07, 6.45) is 4.78. The first-order valence-corrected chi connectivity index (χ1v) is 9.64. The molecule has 7 heteroatoms. The normalized spacial score (nSPS) is 21.3. The van der Waals surface area contributed by atoms with Crippen molar-refractivity contribution in [3.05, 3.63) is 24.3 Å². The van der Waals surface area contributed by atoms with Crippen LogP contribution in [-0.2, 0) is 14.8 Å². The smallest absolute Gasteiger partial charge is 0.240 e. The summed E-state index contributed by atoms with van der Waals surface area (Å²) < 4.78 is 26.9. The fourth-order valence-corrected chi connectivity index (χ4v) is 3.83. The summed E-state index contributed by atoms with van der Waals surface area (Å²) in [5, 5.41) is 6.10. The average Bonchev–Trinajstić information content (AvgIpc) is 3.22. The minimum atomic E-state index is -3.45. The number of amides is 1. The van der Waals surface area contributed by atoms with Crippen molar-refractivity contribution >= 4 is 21.6 Å². The number of hydrogen-bond donors (Lipinski definition) is 3. The van der Waals surface area contributed by atoms with Gasteiger partial charge in [0.25, 0.3) is 0 Å². The fourth-order valence-electron chi connectivity index (χ4n) is 2.72. The number of anilines is 1. The molecular formula is C16H23N3O3S. The monoisotopic (exact) mass is 337 g/mol. The van der Waals surface area contributed by atoms with Crippen molar-refractivity contribution in [1.29, 1.82) is 0 Å². The minimum absolute atomic E-state index is 0.0492. The zero-order chi connectivity index (χ0) is 16.3. The van der Waals surface area contributed by atoms with Gasteiger partial charge in [-0.15, -0.1) is 0 Å². The molecule has 1 atom stereocenters. The molecule has 0 radical (unpaired) electrons. The summed E-state index contributed by atoms with van der Waals surface area (Å²) in [6, 6.07) is 6.57. The Morgan fingerprint density at radius 3 is 2.52 bits per heavy atom. The summed E-state index contributed by atoms with van der Waals surface area (Å²) in [4.78, 5) is 12.2. The zero-order valence-corrected chi connectivity index (χ0v) is 13.9. The van der Waals surface area contributed by atoms with Crippen LogP contribution in [-0.4, -0.2) is 33.5 Å². The van der Waals surface area contributed by atoms with Gasteiger partial charge in [0.1, 0.15) is 0 Å². The van der Waals surface area contributed by atoms with E-state index in [2.05, 4.69) is 15.4 Å². The molecule has 2 aliphatic rings. The number of hydrogen-bond acceptors (Lipinski definition) is 4. The molecule has 1 saturated carbocycles. The van der Waals surface area contributed by atoms with Crippen molar-refractivity contribution in [2.75, 3.05) is 18.4 Å². The molecule has 1 amide bonds. The average molecular weight is 337 g/mol. The van der Waals surface area contributed by atoms with E-state index in [9.17, 15) is 13.2 Å². The highest BCUT2D eigenvalue weighted by Gasteiger charge is 2.24. The summed E-state index contributed by atoms with van der Waals surface area (Å²) in [5.74, 6) is 0.444. The van der Waals surface area contributed by atoms with Crippen LogP contribution in [0.5, 0.6) is 0 Å². The van der Waals surface area contributed by atoms with Crippen LogP contribution in [0.1, 0.15) is 32.1 Å². The Morgan fingerprint density at radius 1 is 1.17 bits per heavy atom. The molecule has 1 aliphatic carbocycles. The van der Waals surface area contributed by atoms with Gasteiger partial charge in [-0.3, -0.25) is 4.79 Å². The molecule has 0 bridgehead atoms. The highest BCUT2D eigenvalue weighted by molar-refractivity contribution is 7.89. The van der Waals surface area contributed by atoms with Gasteiger partial charge >= 0.3 is 0 Å². The number of nitrogens with one attached hydrogen (secondary N) is 3. The number of carbonyl (C=O) groups excluding carboxylic acids is 1. The molecule has 3 rings (SSSR count). The molecule has 2 fully saturated rings. The van der Waals surface area contributed by atoms with Gasteiger partial charge in [-0.1, -0.05) is 0 Å². The van der Waals surface area contributed by atoms with E-state index >= 15 is 0 Å². The third-order valence-corrected chi connectivity index (χ3v) is 5.74. The van der Waals surface area contributed by atoms with Gasteiger partial charge in [0, 0.05) is 24.7 Å². The second-order valence-electron chi connectivity index (χ2n) is 6.37. The molecule has 0 aromatic heterocycles. The Morgan fingerprint density at radius 2 is 1.91 bits per heavy atom. The molecule has 1 aromatic carbocycles. The van der Waals surface area contributed by atoms with Crippen molar-refractivity contribution in [1.82, 2.24) is 10.0 Å². The largest absolute Gasteiger partial charge is 0.326 e. The maximum Gasteiger partial charge on any atom is 0.240 e. The van der Waals surface area contributed by atoms with Gasteiger partial charge < -0.3 is 10.6 Å². The van der Waals surface area contributed by atoms with Crippen LogP contribution in [0.2, 0.25) is 0 Å².